The van der Waals surface area contributed by atoms with Crippen LogP contribution in [0.4, 0.5) is 0 Å². The van der Waals surface area contributed by atoms with Gasteiger partial charge in [-0.2, -0.15) is 0 Å². The zero-order valence-corrected chi connectivity index (χ0v) is 9.83. The first kappa shape index (κ1) is 12.5. The van der Waals surface area contributed by atoms with Gasteiger partial charge in [0.05, 0.1) is 6.04 Å². The van der Waals surface area contributed by atoms with Crippen LogP contribution >= 0.6 is 0 Å². The minimum absolute atomic E-state index is 0.0428. The van der Waals surface area contributed by atoms with E-state index in [1.54, 1.807) is 0 Å². The van der Waals surface area contributed by atoms with Gasteiger partial charge in [-0.25, -0.2) is 0 Å². The fourth-order valence-electron chi connectivity index (χ4n) is 2.03. The number of nitrogens with two attached hydrogens (primary N) is 1. The van der Waals surface area contributed by atoms with Gasteiger partial charge in [-0.15, -0.1) is 0 Å². The van der Waals surface area contributed by atoms with E-state index in [4.69, 9.17) is 5.73 Å². The average Bonchev–Trinajstić information content (AvgIpc) is 2.13. The minimum Gasteiger partial charge on any atom is -0.355 e. The van der Waals surface area contributed by atoms with Crippen molar-refractivity contribution in [3.8, 4) is 0 Å². The SMILES string of the molecule is CCNC(=O)C(C)N(CCN)C1CCC1. The summed E-state index contributed by atoms with van der Waals surface area (Å²) in [5.74, 6) is 0.123. The molecule has 4 heteroatoms. The molecule has 0 aliphatic heterocycles. The Morgan fingerprint density at radius 3 is 2.67 bits per heavy atom. The Morgan fingerprint density at radius 1 is 1.60 bits per heavy atom. The second-order valence-electron chi connectivity index (χ2n) is 4.18. The molecule has 0 aromatic heterocycles. The molecule has 0 aromatic carbocycles. The van der Waals surface area contributed by atoms with Gasteiger partial charge in [-0.05, 0) is 26.7 Å². The monoisotopic (exact) mass is 213 g/mol. The zero-order chi connectivity index (χ0) is 11.3. The molecule has 0 spiro atoms. The summed E-state index contributed by atoms with van der Waals surface area (Å²) in [4.78, 5) is 14.0. The molecule has 1 unspecified atom stereocenters. The highest BCUT2D eigenvalue weighted by atomic mass is 16.2. The topological polar surface area (TPSA) is 58.4 Å². The number of hydrogen-bond donors (Lipinski definition) is 2. The smallest absolute Gasteiger partial charge is 0.237 e. The van der Waals surface area contributed by atoms with Crippen molar-refractivity contribution in [3.63, 3.8) is 0 Å². The second-order valence-corrected chi connectivity index (χ2v) is 4.18. The largest absolute Gasteiger partial charge is 0.355 e. The van der Waals surface area contributed by atoms with E-state index in [9.17, 15) is 4.79 Å². The van der Waals surface area contributed by atoms with Crippen LogP contribution in [0.1, 0.15) is 33.1 Å². The highest BCUT2D eigenvalue weighted by Gasteiger charge is 2.30. The average molecular weight is 213 g/mol. The van der Waals surface area contributed by atoms with Gasteiger partial charge in [0.2, 0.25) is 5.91 Å². The molecule has 1 aliphatic rings. The maximum Gasteiger partial charge on any atom is 0.237 e. The van der Waals surface area contributed by atoms with E-state index in [0.29, 0.717) is 19.1 Å². The predicted molar refractivity (Wildman–Crippen MR) is 61.5 cm³/mol. The van der Waals surface area contributed by atoms with Crippen LogP contribution < -0.4 is 11.1 Å². The maximum atomic E-state index is 11.7. The van der Waals surface area contributed by atoms with E-state index in [1.807, 2.05) is 13.8 Å². The number of nitrogens with zero attached hydrogens (tertiary/aromatic N) is 1. The van der Waals surface area contributed by atoms with Gasteiger partial charge in [0.25, 0.3) is 0 Å². The second kappa shape index (κ2) is 6.08. The van der Waals surface area contributed by atoms with E-state index in [2.05, 4.69) is 10.2 Å². The highest BCUT2D eigenvalue weighted by molar-refractivity contribution is 5.81. The van der Waals surface area contributed by atoms with Crippen LogP contribution in [-0.4, -0.2) is 42.5 Å². The van der Waals surface area contributed by atoms with Crippen molar-refractivity contribution in [2.75, 3.05) is 19.6 Å². The predicted octanol–water partition coefficient (Wildman–Crippen LogP) is 0.324. The normalized spacial score (nSPS) is 18.7. The third-order valence-electron chi connectivity index (χ3n) is 3.16. The Morgan fingerprint density at radius 2 is 2.27 bits per heavy atom. The Kier molecular flexibility index (Phi) is 5.05. The summed E-state index contributed by atoms with van der Waals surface area (Å²) in [5, 5.41) is 2.87. The van der Waals surface area contributed by atoms with Crippen LogP contribution in [0.15, 0.2) is 0 Å². The summed E-state index contributed by atoms with van der Waals surface area (Å²) in [6.45, 7) is 6.06. The molecule has 0 radical (unpaired) electrons. The molecule has 3 N–H and O–H groups in total. The lowest BCUT2D eigenvalue weighted by atomic mass is 9.90. The molecule has 1 amide bonds. The molecule has 1 fully saturated rings. The molecule has 0 bridgehead atoms. The lowest BCUT2D eigenvalue weighted by molar-refractivity contribution is -0.127. The number of nitrogens with one attached hydrogen (secondary N) is 1. The molecule has 1 rings (SSSR count). The first-order chi connectivity index (χ1) is 7.20. The van der Waals surface area contributed by atoms with Gasteiger partial charge in [-0.3, -0.25) is 9.69 Å². The standard InChI is InChI=1S/C11H23N3O/c1-3-13-11(15)9(2)14(8-7-12)10-5-4-6-10/h9-10H,3-8,12H2,1-2H3,(H,13,15). The van der Waals surface area contributed by atoms with Crippen molar-refractivity contribution in [1.82, 2.24) is 10.2 Å². The van der Waals surface area contributed by atoms with Crippen molar-refractivity contribution >= 4 is 5.91 Å². The van der Waals surface area contributed by atoms with Crippen LogP contribution in [0, 0.1) is 0 Å². The van der Waals surface area contributed by atoms with Gasteiger partial charge < -0.3 is 11.1 Å². The van der Waals surface area contributed by atoms with E-state index in [1.165, 1.54) is 19.3 Å². The summed E-state index contributed by atoms with van der Waals surface area (Å²) in [7, 11) is 0. The first-order valence-corrected chi connectivity index (χ1v) is 5.94. The molecule has 1 aliphatic carbocycles. The summed E-state index contributed by atoms with van der Waals surface area (Å²) in [6, 6.07) is 0.532. The molecule has 0 aromatic rings. The van der Waals surface area contributed by atoms with E-state index in [0.717, 1.165) is 6.54 Å². The van der Waals surface area contributed by atoms with E-state index in [-0.39, 0.29) is 11.9 Å². The van der Waals surface area contributed by atoms with Crippen LogP contribution in [-0.2, 0) is 4.79 Å². The van der Waals surface area contributed by atoms with Gasteiger partial charge in [-0.1, -0.05) is 6.42 Å². The number of carbonyl (C=O) groups excluding carboxylic acids is 1. The lowest BCUT2D eigenvalue weighted by Crippen LogP contribution is -2.53. The van der Waals surface area contributed by atoms with Crippen molar-refractivity contribution in [2.45, 2.75) is 45.2 Å². The molecule has 1 saturated carbocycles. The van der Waals surface area contributed by atoms with Crippen LogP contribution in [0.25, 0.3) is 0 Å². The van der Waals surface area contributed by atoms with Crippen LogP contribution in [0.2, 0.25) is 0 Å². The Labute approximate surface area is 92.2 Å². The summed E-state index contributed by atoms with van der Waals surface area (Å²) < 4.78 is 0. The Bertz CT molecular complexity index is 204. The third-order valence-corrected chi connectivity index (χ3v) is 3.16. The van der Waals surface area contributed by atoms with Gasteiger partial charge >= 0.3 is 0 Å². The summed E-state index contributed by atoms with van der Waals surface area (Å²) >= 11 is 0. The Balaban J connectivity index is 2.49. The fourth-order valence-corrected chi connectivity index (χ4v) is 2.03. The molecule has 88 valence electrons. The molecule has 0 saturated heterocycles. The highest BCUT2D eigenvalue weighted by Crippen LogP contribution is 2.26. The molecule has 0 heterocycles. The molecule has 4 nitrogen and oxygen atoms in total. The van der Waals surface area contributed by atoms with Crippen molar-refractivity contribution in [2.24, 2.45) is 5.73 Å². The van der Waals surface area contributed by atoms with Crippen LogP contribution in [0.3, 0.4) is 0 Å². The van der Waals surface area contributed by atoms with E-state index >= 15 is 0 Å². The quantitative estimate of drug-likeness (QED) is 0.668. The van der Waals surface area contributed by atoms with Gasteiger partial charge in [0.15, 0.2) is 0 Å². The molecular weight excluding hydrogens is 190 g/mol. The molecule has 15 heavy (non-hydrogen) atoms. The molecular formula is C11H23N3O. The van der Waals surface area contributed by atoms with E-state index < -0.39 is 0 Å². The molecule has 1 atom stereocenters. The number of carbonyl (C=O) groups is 1. The zero-order valence-electron chi connectivity index (χ0n) is 9.83. The number of rotatable bonds is 6. The number of likely N-dealkylation sites (N-methyl/N-ethyl adjacent to an activating group) is 1. The van der Waals surface area contributed by atoms with Crippen molar-refractivity contribution in [1.29, 1.82) is 0 Å². The maximum absolute atomic E-state index is 11.7. The summed E-state index contributed by atoms with van der Waals surface area (Å²) in [6.07, 6.45) is 3.71. The number of hydrogen-bond acceptors (Lipinski definition) is 3. The van der Waals surface area contributed by atoms with Gasteiger partial charge in [0.1, 0.15) is 0 Å². The Hall–Kier alpha value is -0.610. The lowest BCUT2D eigenvalue weighted by Gasteiger charge is -2.40. The van der Waals surface area contributed by atoms with Crippen molar-refractivity contribution in [3.05, 3.63) is 0 Å². The summed E-state index contributed by atoms with van der Waals surface area (Å²) in [5.41, 5.74) is 5.58. The third kappa shape index (κ3) is 3.18. The van der Waals surface area contributed by atoms with Crippen molar-refractivity contribution < 1.29 is 4.79 Å². The number of amides is 1. The van der Waals surface area contributed by atoms with Gasteiger partial charge in [0, 0.05) is 25.7 Å². The minimum atomic E-state index is -0.0428. The first-order valence-electron chi connectivity index (χ1n) is 5.94. The fraction of sp³-hybridized carbons (Fsp3) is 0.909. The van der Waals surface area contributed by atoms with Crippen LogP contribution in [0.5, 0.6) is 0 Å².